The van der Waals surface area contributed by atoms with Gasteiger partial charge in [0.25, 0.3) is 10.0 Å². The number of rotatable bonds is 3. The van der Waals surface area contributed by atoms with Crippen LogP contribution in [0.15, 0.2) is 29.2 Å². The number of carbonyl (C=O) groups excluding carboxylic acids is 1. The molecule has 1 unspecified atom stereocenters. The van der Waals surface area contributed by atoms with Crippen LogP contribution in [0.4, 0.5) is 4.79 Å². The Hall–Kier alpha value is -1.08. The largest absolute Gasteiger partial charge is 0.446 e. The highest BCUT2D eigenvalue weighted by Gasteiger charge is 2.53. The summed E-state index contributed by atoms with van der Waals surface area (Å²) in [4.78, 5) is 11.7. The number of hydrogen-bond donors (Lipinski definition) is 0. The Morgan fingerprint density at radius 3 is 2.40 bits per heavy atom. The number of ether oxygens (including phenoxy) is 1. The first kappa shape index (κ1) is 15.3. The number of aryl methyl sites for hydroxylation is 1. The van der Waals surface area contributed by atoms with Crippen LogP contribution in [0.25, 0.3) is 0 Å². The molecular weight excluding hydrogens is 346 g/mol. The summed E-state index contributed by atoms with van der Waals surface area (Å²) in [6.07, 6.45) is -0.834. The summed E-state index contributed by atoms with van der Waals surface area (Å²) < 4.78 is 31.2. The third kappa shape index (κ3) is 2.33. The van der Waals surface area contributed by atoms with Gasteiger partial charge in [0.1, 0.15) is 12.1 Å². The minimum absolute atomic E-state index is 0.0311. The quantitative estimate of drug-likeness (QED) is 0.776. The summed E-state index contributed by atoms with van der Waals surface area (Å²) in [6, 6.07) is 6.39. The number of hydrogen-bond acceptors (Lipinski definition) is 4. The van der Waals surface area contributed by atoms with Gasteiger partial charge in [0.05, 0.1) is 4.90 Å². The molecule has 1 aromatic carbocycles. The summed E-state index contributed by atoms with van der Waals surface area (Å²) in [5.41, 5.74) is 0.00503. The van der Waals surface area contributed by atoms with E-state index in [1.54, 1.807) is 26.0 Å². The fraction of sp³-hybridized carbons (Fsp3) is 0.462. The third-order valence-electron chi connectivity index (χ3n) is 3.53. The molecule has 0 aromatic heterocycles. The summed E-state index contributed by atoms with van der Waals surface area (Å²) in [5, 5.41) is 0. The van der Waals surface area contributed by atoms with E-state index in [4.69, 9.17) is 4.74 Å². The topological polar surface area (TPSA) is 63.7 Å². The number of carbonyl (C=O) groups is 1. The first-order chi connectivity index (χ1) is 9.19. The third-order valence-corrected chi connectivity index (χ3v) is 6.43. The van der Waals surface area contributed by atoms with Crippen molar-refractivity contribution in [3.63, 3.8) is 0 Å². The van der Waals surface area contributed by atoms with Crippen molar-refractivity contribution in [3.05, 3.63) is 29.8 Å². The predicted octanol–water partition coefficient (Wildman–Crippen LogP) is 2.68. The monoisotopic (exact) mass is 361 g/mol. The van der Waals surface area contributed by atoms with Gasteiger partial charge in [0.2, 0.25) is 0 Å². The summed E-state index contributed by atoms with van der Waals surface area (Å²) in [5.74, 6) is 0. The molecular formula is C13H16BrNO4S. The highest BCUT2D eigenvalue weighted by molar-refractivity contribution is 9.09. The zero-order valence-corrected chi connectivity index (χ0v) is 13.9. The fourth-order valence-corrected chi connectivity index (χ4v) is 4.17. The van der Waals surface area contributed by atoms with Gasteiger partial charge in [-0.05, 0) is 26.0 Å². The van der Waals surface area contributed by atoms with E-state index in [0.717, 1.165) is 9.87 Å². The Kier molecular flexibility index (Phi) is 3.85. The zero-order chi connectivity index (χ0) is 15.1. The molecule has 2 atom stereocenters. The first-order valence-corrected chi connectivity index (χ1v) is 8.48. The average molecular weight is 362 g/mol. The SMILES string of the molecule is Cc1ccc(S(=O)(=O)N2C(=O)OCC2(C)[C@@H](C)Br)cc1. The number of nitrogens with zero attached hydrogens (tertiary/aromatic N) is 1. The van der Waals surface area contributed by atoms with Gasteiger partial charge in [-0.2, -0.15) is 4.31 Å². The van der Waals surface area contributed by atoms with E-state index in [9.17, 15) is 13.2 Å². The Balaban J connectivity index is 2.52. The molecule has 1 aliphatic rings. The lowest BCUT2D eigenvalue weighted by molar-refractivity contribution is 0.169. The molecule has 1 fully saturated rings. The van der Waals surface area contributed by atoms with Gasteiger partial charge >= 0.3 is 6.09 Å². The lowest BCUT2D eigenvalue weighted by atomic mass is 10.0. The van der Waals surface area contributed by atoms with Crippen molar-refractivity contribution in [3.8, 4) is 0 Å². The Labute approximate surface area is 127 Å². The number of cyclic esters (lactones) is 1. The summed E-state index contributed by atoms with van der Waals surface area (Å²) >= 11 is 3.36. The van der Waals surface area contributed by atoms with Crippen LogP contribution in [0, 0.1) is 6.92 Å². The molecule has 0 saturated carbocycles. The van der Waals surface area contributed by atoms with Crippen LogP contribution in [0.1, 0.15) is 19.4 Å². The van der Waals surface area contributed by atoms with Crippen LogP contribution in [0.2, 0.25) is 0 Å². The van der Waals surface area contributed by atoms with Crippen molar-refractivity contribution < 1.29 is 17.9 Å². The van der Waals surface area contributed by atoms with Crippen molar-refractivity contribution in [2.45, 2.75) is 36.0 Å². The van der Waals surface area contributed by atoms with E-state index < -0.39 is 21.7 Å². The molecule has 1 amide bonds. The van der Waals surface area contributed by atoms with Crippen LogP contribution in [0.3, 0.4) is 0 Å². The van der Waals surface area contributed by atoms with E-state index in [1.807, 2.05) is 6.92 Å². The molecule has 5 nitrogen and oxygen atoms in total. The lowest BCUT2D eigenvalue weighted by Crippen LogP contribution is -2.52. The van der Waals surface area contributed by atoms with Gasteiger partial charge in [-0.25, -0.2) is 13.2 Å². The van der Waals surface area contributed by atoms with Crippen LogP contribution in [0.5, 0.6) is 0 Å². The molecule has 0 N–H and O–H groups in total. The minimum atomic E-state index is -3.93. The summed E-state index contributed by atoms with van der Waals surface area (Å²) in [7, 11) is -3.93. The molecule has 1 aliphatic heterocycles. The number of amides is 1. The van der Waals surface area contributed by atoms with Crippen LogP contribution in [-0.2, 0) is 14.8 Å². The smallest absolute Gasteiger partial charge is 0.424 e. The van der Waals surface area contributed by atoms with Crippen molar-refractivity contribution in [1.82, 2.24) is 4.31 Å². The fourth-order valence-electron chi connectivity index (χ4n) is 2.00. The second-order valence-corrected chi connectivity index (χ2v) is 8.27. The van der Waals surface area contributed by atoms with Crippen LogP contribution in [-0.4, -0.2) is 35.8 Å². The second kappa shape index (κ2) is 5.04. The van der Waals surface area contributed by atoms with Crippen LogP contribution < -0.4 is 0 Å². The molecule has 0 aliphatic carbocycles. The first-order valence-electron chi connectivity index (χ1n) is 6.12. The Morgan fingerprint density at radius 1 is 1.35 bits per heavy atom. The molecule has 1 aromatic rings. The van der Waals surface area contributed by atoms with Gasteiger partial charge in [-0.1, -0.05) is 40.5 Å². The minimum Gasteiger partial charge on any atom is -0.446 e. The van der Waals surface area contributed by atoms with Gasteiger partial charge in [0.15, 0.2) is 0 Å². The van der Waals surface area contributed by atoms with Crippen LogP contribution >= 0.6 is 15.9 Å². The van der Waals surface area contributed by atoms with E-state index in [-0.39, 0.29) is 16.3 Å². The van der Waals surface area contributed by atoms with E-state index >= 15 is 0 Å². The maximum Gasteiger partial charge on any atom is 0.424 e. The number of alkyl halides is 1. The molecule has 7 heteroatoms. The van der Waals surface area contributed by atoms with Crippen molar-refractivity contribution in [2.75, 3.05) is 6.61 Å². The zero-order valence-electron chi connectivity index (χ0n) is 11.5. The Bertz CT molecular complexity index is 626. The summed E-state index contributed by atoms with van der Waals surface area (Å²) in [6.45, 7) is 5.37. The van der Waals surface area contributed by atoms with Gasteiger partial charge in [-0.3, -0.25) is 0 Å². The molecule has 1 saturated heterocycles. The van der Waals surface area contributed by atoms with Crippen molar-refractivity contribution in [2.24, 2.45) is 0 Å². The number of benzene rings is 1. The highest BCUT2D eigenvalue weighted by atomic mass is 79.9. The molecule has 20 heavy (non-hydrogen) atoms. The lowest BCUT2D eigenvalue weighted by Gasteiger charge is -2.33. The van der Waals surface area contributed by atoms with E-state index in [2.05, 4.69) is 15.9 Å². The maximum atomic E-state index is 12.7. The highest BCUT2D eigenvalue weighted by Crippen LogP contribution is 2.36. The van der Waals surface area contributed by atoms with Gasteiger partial charge in [-0.15, -0.1) is 0 Å². The molecule has 1 heterocycles. The standard InChI is InChI=1S/C13H16BrNO4S/c1-9-4-6-11(7-5-9)20(17,18)15-12(16)19-8-13(15,3)10(2)14/h4-7,10H,8H2,1-3H3/t10-,13?/m1/s1. The van der Waals surface area contributed by atoms with Gasteiger partial charge < -0.3 is 4.74 Å². The Morgan fingerprint density at radius 2 is 1.90 bits per heavy atom. The second-order valence-electron chi connectivity index (χ2n) is 5.11. The number of sulfonamides is 1. The normalized spacial score (nSPS) is 24.6. The average Bonchev–Trinajstić information content (AvgIpc) is 2.67. The van der Waals surface area contributed by atoms with Crippen molar-refractivity contribution in [1.29, 1.82) is 0 Å². The van der Waals surface area contributed by atoms with E-state index in [1.165, 1.54) is 12.1 Å². The van der Waals surface area contributed by atoms with E-state index in [0.29, 0.717) is 0 Å². The predicted molar refractivity (Wildman–Crippen MR) is 78.3 cm³/mol. The molecule has 0 bridgehead atoms. The van der Waals surface area contributed by atoms with Crippen molar-refractivity contribution >= 4 is 32.0 Å². The molecule has 0 spiro atoms. The van der Waals surface area contributed by atoms with Gasteiger partial charge in [0, 0.05) is 4.83 Å². The molecule has 2 rings (SSSR count). The molecule has 110 valence electrons. The molecule has 0 radical (unpaired) electrons. The maximum absolute atomic E-state index is 12.7. The number of halogens is 1.